The Morgan fingerprint density at radius 3 is 2.65 bits per heavy atom. The first-order valence-corrected chi connectivity index (χ1v) is 13.7. The van der Waals surface area contributed by atoms with Crippen molar-refractivity contribution in [1.82, 2.24) is 9.88 Å². The molecule has 5 rings (SSSR count). The first-order valence-electron chi connectivity index (χ1n) is 12.9. The molecule has 210 valence electrons. The van der Waals surface area contributed by atoms with Gasteiger partial charge in [0.05, 0.1) is 23.3 Å². The third kappa shape index (κ3) is 5.59. The summed E-state index contributed by atoms with van der Waals surface area (Å²) < 4.78 is 46.9. The van der Waals surface area contributed by atoms with Crippen LogP contribution in [0.25, 0.3) is 32.5 Å². The van der Waals surface area contributed by atoms with Gasteiger partial charge >= 0.3 is 6.09 Å². The molecule has 0 saturated heterocycles. The minimum Gasteiger partial charge on any atom is -0.493 e. The minimum absolute atomic E-state index is 0.00653. The fraction of sp³-hybridized carbons (Fsp3) is 0.333. The van der Waals surface area contributed by atoms with Gasteiger partial charge in [0.1, 0.15) is 29.6 Å². The van der Waals surface area contributed by atoms with Crippen LogP contribution in [0.15, 0.2) is 41.8 Å². The smallest absolute Gasteiger partial charge is 0.410 e. The number of ether oxygens (including phenoxy) is 3. The summed E-state index contributed by atoms with van der Waals surface area (Å²) in [7, 11) is 1.51. The summed E-state index contributed by atoms with van der Waals surface area (Å²) in [5.74, 6) is -1.79. The number of carbonyl (C=O) groups excluding carboxylic acids is 1. The third-order valence-electron chi connectivity index (χ3n) is 6.55. The maximum atomic E-state index is 15.6. The molecule has 0 bridgehead atoms. The first kappa shape index (κ1) is 27.8. The molecule has 10 heteroatoms. The van der Waals surface area contributed by atoms with Crippen LogP contribution in [-0.4, -0.2) is 53.6 Å². The maximum Gasteiger partial charge on any atom is 0.410 e. The molecule has 3 heterocycles. The van der Waals surface area contributed by atoms with E-state index in [2.05, 4.69) is 4.98 Å². The largest absolute Gasteiger partial charge is 0.493 e. The van der Waals surface area contributed by atoms with E-state index in [4.69, 9.17) is 14.2 Å². The maximum absolute atomic E-state index is 15.6. The van der Waals surface area contributed by atoms with Gasteiger partial charge in [-0.2, -0.15) is 0 Å². The Hall–Kier alpha value is -3.76. The predicted octanol–water partition coefficient (Wildman–Crippen LogP) is 6.93. The second-order valence-electron chi connectivity index (χ2n) is 10.6. The Morgan fingerprint density at radius 2 is 1.90 bits per heavy atom. The lowest BCUT2D eigenvalue weighted by atomic mass is 9.92. The molecule has 0 aliphatic carbocycles. The molecule has 0 saturated carbocycles. The zero-order valence-electron chi connectivity index (χ0n) is 22.7. The molecular formula is C30H30F2N2O5S. The van der Waals surface area contributed by atoms with Crippen LogP contribution >= 0.6 is 11.3 Å². The number of carbonyl (C=O) groups is 1. The summed E-state index contributed by atoms with van der Waals surface area (Å²) in [5.41, 5.74) is 2.69. The molecule has 0 fully saturated rings. The number of hydrogen-bond donors (Lipinski definition) is 1. The molecule has 2 aromatic carbocycles. The fourth-order valence-corrected chi connectivity index (χ4v) is 5.72. The quantitative estimate of drug-likeness (QED) is 0.254. The molecule has 1 aliphatic heterocycles. The monoisotopic (exact) mass is 568 g/mol. The van der Waals surface area contributed by atoms with E-state index in [9.17, 15) is 14.3 Å². The molecule has 7 nitrogen and oxygen atoms in total. The zero-order chi connectivity index (χ0) is 28.6. The summed E-state index contributed by atoms with van der Waals surface area (Å²) in [6.07, 6.45) is 0.250. The summed E-state index contributed by atoms with van der Waals surface area (Å²) in [5, 5.41) is 13.0. The molecule has 1 aliphatic rings. The van der Waals surface area contributed by atoms with E-state index in [0.29, 0.717) is 46.4 Å². The lowest BCUT2D eigenvalue weighted by molar-refractivity contribution is 0.0224. The molecule has 1 amide bonds. The van der Waals surface area contributed by atoms with Crippen molar-refractivity contribution in [1.29, 1.82) is 0 Å². The lowest BCUT2D eigenvalue weighted by Crippen LogP contribution is -2.39. The second kappa shape index (κ2) is 11.0. The average molecular weight is 569 g/mol. The minimum atomic E-state index is -0.815. The van der Waals surface area contributed by atoms with Gasteiger partial charge in [-0.3, -0.25) is 0 Å². The molecule has 0 spiro atoms. The number of rotatable bonds is 6. The van der Waals surface area contributed by atoms with Gasteiger partial charge in [-0.15, -0.1) is 11.3 Å². The number of nitrogens with zero attached hydrogens (tertiary/aromatic N) is 2. The van der Waals surface area contributed by atoms with Crippen LogP contribution in [0.3, 0.4) is 0 Å². The Balaban J connectivity index is 1.64. The van der Waals surface area contributed by atoms with Crippen LogP contribution in [0, 0.1) is 11.6 Å². The number of thiophene rings is 1. The number of fused-ring (bicyclic) bond motifs is 2. The van der Waals surface area contributed by atoms with Crippen LogP contribution in [0.2, 0.25) is 0 Å². The molecule has 1 N–H and O–H groups in total. The summed E-state index contributed by atoms with van der Waals surface area (Å²) in [6.45, 7) is 6.63. The number of halogens is 2. The average Bonchev–Trinajstić information content (AvgIpc) is 3.38. The van der Waals surface area contributed by atoms with Crippen molar-refractivity contribution in [2.75, 3.05) is 26.9 Å². The highest BCUT2D eigenvalue weighted by Crippen LogP contribution is 2.47. The van der Waals surface area contributed by atoms with Crippen molar-refractivity contribution in [3.63, 3.8) is 0 Å². The van der Waals surface area contributed by atoms with Crippen molar-refractivity contribution in [3.05, 3.63) is 64.5 Å². The van der Waals surface area contributed by atoms with E-state index in [-0.39, 0.29) is 30.4 Å². The van der Waals surface area contributed by atoms with Crippen LogP contribution in [0.4, 0.5) is 13.6 Å². The number of amides is 1. The summed E-state index contributed by atoms with van der Waals surface area (Å²) >= 11 is 1.31. The number of hydrogen-bond acceptors (Lipinski definition) is 7. The van der Waals surface area contributed by atoms with Gasteiger partial charge in [0.15, 0.2) is 0 Å². The Bertz CT molecular complexity index is 1580. The van der Waals surface area contributed by atoms with Crippen LogP contribution in [0.1, 0.15) is 31.9 Å². The topological polar surface area (TPSA) is 81.1 Å². The fourth-order valence-electron chi connectivity index (χ4n) is 4.78. The van der Waals surface area contributed by atoms with E-state index in [1.165, 1.54) is 18.4 Å². The van der Waals surface area contributed by atoms with Gasteiger partial charge in [-0.1, -0.05) is 12.1 Å². The zero-order valence-corrected chi connectivity index (χ0v) is 23.5. The van der Waals surface area contributed by atoms with E-state index in [0.717, 1.165) is 23.3 Å². The van der Waals surface area contributed by atoms with E-state index in [1.54, 1.807) is 16.3 Å². The first-order chi connectivity index (χ1) is 19.1. The molecule has 2 aromatic heterocycles. The normalized spacial score (nSPS) is 13.4. The van der Waals surface area contributed by atoms with Crippen LogP contribution < -0.4 is 4.74 Å². The lowest BCUT2D eigenvalue weighted by Gasteiger charge is -2.31. The van der Waals surface area contributed by atoms with Gasteiger partial charge < -0.3 is 24.2 Å². The summed E-state index contributed by atoms with van der Waals surface area (Å²) in [6, 6.07) is 9.35. The Morgan fingerprint density at radius 1 is 1.10 bits per heavy atom. The van der Waals surface area contributed by atoms with E-state index in [1.807, 2.05) is 39.0 Å². The highest BCUT2D eigenvalue weighted by molar-refractivity contribution is 7.17. The van der Waals surface area contributed by atoms with Crippen molar-refractivity contribution in [3.8, 4) is 34.0 Å². The number of methoxy groups -OCH3 is 1. The SMILES string of the molecule is COCCOc1cc(F)cc(F)c1-c1c(-c2ccc3c(c2)CN(C(=O)OC(C)(C)C)CC3)nc(O)c2ccsc12. The Kier molecular flexibility index (Phi) is 7.65. The number of aromatic hydroxyl groups is 1. The second-order valence-corrected chi connectivity index (χ2v) is 11.5. The number of benzene rings is 2. The number of aromatic nitrogens is 1. The number of pyridine rings is 1. The molecule has 4 aromatic rings. The molecule has 0 atom stereocenters. The Labute approximate surface area is 234 Å². The summed E-state index contributed by atoms with van der Waals surface area (Å²) in [4.78, 5) is 18.9. The van der Waals surface area contributed by atoms with Crippen molar-refractivity contribution < 1.29 is 32.9 Å². The van der Waals surface area contributed by atoms with Crippen molar-refractivity contribution in [2.45, 2.75) is 39.3 Å². The third-order valence-corrected chi connectivity index (χ3v) is 7.48. The van der Waals surface area contributed by atoms with E-state index >= 15 is 4.39 Å². The van der Waals surface area contributed by atoms with Crippen LogP contribution in [-0.2, 0) is 22.4 Å². The van der Waals surface area contributed by atoms with Gasteiger partial charge in [-0.25, -0.2) is 18.6 Å². The highest BCUT2D eigenvalue weighted by atomic mass is 32.1. The predicted molar refractivity (Wildman–Crippen MR) is 150 cm³/mol. The molecule has 0 unspecified atom stereocenters. The van der Waals surface area contributed by atoms with Crippen LogP contribution in [0.5, 0.6) is 11.6 Å². The molecule has 0 radical (unpaired) electrons. The standard InChI is InChI=1S/C30H30F2N2O5S/c1-30(2,3)39-29(36)34-9-7-17-5-6-18(13-19(17)16-34)26-25(27-21(8-12-40-27)28(35)33-26)24-22(32)14-20(31)15-23(24)38-11-10-37-4/h5-6,8,12-15H,7,9-11,16H2,1-4H3,(H,33,35). The van der Waals surface area contributed by atoms with Crippen molar-refractivity contribution >= 4 is 27.5 Å². The van der Waals surface area contributed by atoms with Gasteiger partial charge in [-0.05, 0) is 55.8 Å². The highest BCUT2D eigenvalue weighted by Gasteiger charge is 2.28. The van der Waals surface area contributed by atoms with Crippen molar-refractivity contribution in [2.24, 2.45) is 0 Å². The molecule has 40 heavy (non-hydrogen) atoms. The van der Waals surface area contributed by atoms with Gasteiger partial charge in [0.2, 0.25) is 5.88 Å². The van der Waals surface area contributed by atoms with E-state index < -0.39 is 23.3 Å². The van der Waals surface area contributed by atoms with Gasteiger partial charge in [0.25, 0.3) is 0 Å². The molecular weight excluding hydrogens is 538 g/mol. The van der Waals surface area contributed by atoms with Gasteiger partial charge in [0, 0.05) is 48.2 Å².